The van der Waals surface area contributed by atoms with Gasteiger partial charge in [-0.2, -0.15) is 0 Å². The lowest BCUT2D eigenvalue weighted by atomic mass is 10.1. The molecule has 1 aliphatic heterocycles. The first-order chi connectivity index (χ1) is 17.0. The summed E-state index contributed by atoms with van der Waals surface area (Å²) in [4.78, 5) is 37.9. The van der Waals surface area contributed by atoms with Gasteiger partial charge in [0.2, 0.25) is 5.91 Å². The fraction of sp³-hybridized carbons (Fsp3) is 0.464. The van der Waals surface area contributed by atoms with Crippen LogP contribution in [0.5, 0.6) is 0 Å². The number of aromatic amines is 1. The van der Waals surface area contributed by atoms with Gasteiger partial charge < -0.3 is 20.1 Å². The molecule has 0 saturated heterocycles. The zero-order valence-corrected chi connectivity index (χ0v) is 21.1. The number of H-pyrrole nitrogens is 1. The zero-order valence-electron chi connectivity index (χ0n) is 21.1. The molecule has 186 valence electrons. The molecule has 2 N–H and O–H groups in total. The molecular weight excluding hydrogens is 438 g/mol. The minimum Gasteiger partial charge on any atom is -0.373 e. The molecule has 0 unspecified atom stereocenters. The van der Waals surface area contributed by atoms with Gasteiger partial charge in [-0.15, -0.1) is 0 Å². The van der Waals surface area contributed by atoms with Gasteiger partial charge in [-0.25, -0.2) is 4.98 Å². The van der Waals surface area contributed by atoms with E-state index in [0.717, 1.165) is 53.9 Å². The highest BCUT2D eigenvalue weighted by molar-refractivity contribution is 5.95. The topological polar surface area (TPSA) is 81.3 Å². The summed E-state index contributed by atoms with van der Waals surface area (Å²) in [6.07, 6.45) is 6.53. The van der Waals surface area contributed by atoms with Gasteiger partial charge in [-0.1, -0.05) is 51.7 Å². The molecule has 0 bridgehead atoms. The molecule has 35 heavy (non-hydrogen) atoms. The number of benzene rings is 2. The smallest absolute Gasteiger partial charge is 0.254 e. The van der Waals surface area contributed by atoms with Crippen LogP contribution >= 0.6 is 0 Å². The molecule has 0 saturated carbocycles. The number of fused-ring (bicyclic) bond motifs is 2. The molecule has 0 aliphatic carbocycles. The second-order valence-electron chi connectivity index (χ2n) is 9.51. The maximum absolute atomic E-state index is 13.3. The molecule has 0 spiro atoms. The number of rotatable bonds is 10. The summed E-state index contributed by atoms with van der Waals surface area (Å²) in [5, 5.41) is 3.42. The Morgan fingerprint density at radius 3 is 2.69 bits per heavy atom. The lowest BCUT2D eigenvalue weighted by molar-refractivity contribution is -0.132. The average Bonchev–Trinajstić information content (AvgIpc) is 3.22. The van der Waals surface area contributed by atoms with E-state index in [1.54, 1.807) is 11.9 Å². The number of anilines is 1. The number of carbonyl (C=O) groups is 2. The summed E-state index contributed by atoms with van der Waals surface area (Å²) in [5.41, 5.74) is 4.41. The molecular formula is C28H37N5O2. The standard InChI is InChI=1S/C28H37N5O2/c1-4-6-7-8-11-16-33-18-21-17-20(14-15-23(21)29-22(5-2)28(33)35)27(34)32(3)19-26-30-24-12-9-10-13-25(24)31-26/h9-10,12-15,17,22,29H,4-8,11,16,18-19H2,1-3H3,(H,30,31)/t22-/m0/s1. The van der Waals surface area contributed by atoms with Gasteiger partial charge in [-0.05, 0) is 48.7 Å². The number of carbonyl (C=O) groups excluding carboxylic acids is 2. The van der Waals surface area contributed by atoms with Crippen LogP contribution in [-0.4, -0.2) is 51.2 Å². The van der Waals surface area contributed by atoms with E-state index in [4.69, 9.17) is 0 Å². The van der Waals surface area contributed by atoms with Crippen molar-refractivity contribution in [1.29, 1.82) is 0 Å². The summed E-state index contributed by atoms with van der Waals surface area (Å²) < 4.78 is 0. The summed E-state index contributed by atoms with van der Waals surface area (Å²) in [6.45, 7) is 5.91. The molecule has 4 rings (SSSR count). The zero-order chi connectivity index (χ0) is 24.8. The van der Waals surface area contributed by atoms with Gasteiger partial charge in [0.25, 0.3) is 5.91 Å². The predicted octanol–water partition coefficient (Wildman–Crippen LogP) is 5.34. The van der Waals surface area contributed by atoms with Crippen molar-refractivity contribution in [1.82, 2.24) is 19.8 Å². The fourth-order valence-electron chi connectivity index (χ4n) is 4.72. The van der Waals surface area contributed by atoms with Crippen molar-refractivity contribution < 1.29 is 9.59 Å². The minimum absolute atomic E-state index is 0.0676. The van der Waals surface area contributed by atoms with Crippen LogP contribution in [0.25, 0.3) is 11.0 Å². The first-order valence-corrected chi connectivity index (χ1v) is 12.9. The van der Waals surface area contributed by atoms with E-state index in [1.165, 1.54) is 19.3 Å². The van der Waals surface area contributed by atoms with E-state index in [1.807, 2.05) is 54.3 Å². The summed E-state index contributed by atoms with van der Waals surface area (Å²) in [5.74, 6) is 0.833. The van der Waals surface area contributed by atoms with Crippen molar-refractivity contribution in [2.24, 2.45) is 0 Å². The van der Waals surface area contributed by atoms with Crippen LogP contribution < -0.4 is 5.32 Å². The number of nitrogens with one attached hydrogen (secondary N) is 2. The van der Waals surface area contributed by atoms with Crippen LogP contribution in [0.3, 0.4) is 0 Å². The fourth-order valence-corrected chi connectivity index (χ4v) is 4.72. The molecule has 7 nitrogen and oxygen atoms in total. The van der Waals surface area contributed by atoms with Crippen LogP contribution in [0.4, 0.5) is 5.69 Å². The molecule has 0 radical (unpaired) electrons. The van der Waals surface area contributed by atoms with Crippen LogP contribution in [0.15, 0.2) is 42.5 Å². The van der Waals surface area contributed by atoms with E-state index >= 15 is 0 Å². The van der Waals surface area contributed by atoms with Gasteiger partial charge in [-0.3, -0.25) is 9.59 Å². The average molecular weight is 476 g/mol. The molecule has 3 aromatic rings. The Bertz CT molecular complexity index is 1140. The van der Waals surface area contributed by atoms with E-state index in [9.17, 15) is 9.59 Å². The van der Waals surface area contributed by atoms with Crippen LogP contribution in [0.2, 0.25) is 0 Å². The Balaban J connectivity index is 1.48. The molecule has 1 atom stereocenters. The molecule has 2 heterocycles. The van der Waals surface area contributed by atoms with Gasteiger partial charge in [0.05, 0.1) is 17.6 Å². The maximum Gasteiger partial charge on any atom is 0.254 e. The van der Waals surface area contributed by atoms with E-state index < -0.39 is 0 Å². The third-order valence-corrected chi connectivity index (χ3v) is 6.76. The third-order valence-electron chi connectivity index (χ3n) is 6.76. The van der Waals surface area contributed by atoms with Crippen LogP contribution in [0.1, 0.15) is 74.1 Å². The summed E-state index contributed by atoms with van der Waals surface area (Å²) in [6, 6.07) is 13.3. The Hall–Kier alpha value is -3.35. The predicted molar refractivity (Wildman–Crippen MR) is 140 cm³/mol. The number of hydrogen-bond donors (Lipinski definition) is 2. The second kappa shape index (κ2) is 11.4. The van der Waals surface area contributed by atoms with Crippen molar-refractivity contribution in [3.8, 4) is 0 Å². The van der Waals surface area contributed by atoms with Crippen LogP contribution in [0, 0.1) is 0 Å². The quantitative estimate of drug-likeness (QED) is 0.388. The number of unbranched alkanes of at least 4 members (excludes halogenated alkanes) is 4. The Labute approximate surface area is 207 Å². The third kappa shape index (κ3) is 5.84. The van der Waals surface area contributed by atoms with Gasteiger partial charge in [0.15, 0.2) is 0 Å². The second-order valence-corrected chi connectivity index (χ2v) is 9.51. The monoisotopic (exact) mass is 475 g/mol. The largest absolute Gasteiger partial charge is 0.373 e. The Kier molecular flexibility index (Phi) is 8.06. The highest BCUT2D eigenvalue weighted by atomic mass is 16.2. The molecule has 0 fully saturated rings. The molecule has 1 aliphatic rings. The van der Waals surface area contributed by atoms with Gasteiger partial charge in [0.1, 0.15) is 11.9 Å². The lowest BCUT2D eigenvalue weighted by Crippen LogP contribution is -2.40. The molecule has 2 aromatic carbocycles. The van der Waals surface area contributed by atoms with Gasteiger partial charge >= 0.3 is 0 Å². The van der Waals surface area contributed by atoms with E-state index in [2.05, 4.69) is 22.2 Å². The summed E-state index contributed by atoms with van der Waals surface area (Å²) in [7, 11) is 1.79. The number of aromatic nitrogens is 2. The van der Waals surface area contributed by atoms with E-state index in [0.29, 0.717) is 18.7 Å². The van der Waals surface area contributed by atoms with Crippen LogP contribution in [-0.2, 0) is 17.9 Å². The molecule has 7 heteroatoms. The van der Waals surface area contributed by atoms with E-state index in [-0.39, 0.29) is 17.9 Å². The van der Waals surface area contributed by atoms with Crippen molar-refractivity contribution in [3.05, 3.63) is 59.4 Å². The highest BCUT2D eigenvalue weighted by Crippen LogP contribution is 2.26. The number of imidazole rings is 1. The SMILES string of the molecule is CCCCCCCN1Cc2cc(C(=O)N(C)Cc3nc4ccccc4[nH]3)ccc2N[C@@H](CC)C1=O. The minimum atomic E-state index is -0.232. The normalized spacial score (nSPS) is 15.6. The highest BCUT2D eigenvalue weighted by Gasteiger charge is 2.28. The van der Waals surface area contributed by atoms with Gasteiger partial charge in [0, 0.05) is 31.4 Å². The number of hydrogen-bond acceptors (Lipinski definition) is 4. The number of para-hydroxylation sites is 2. The lowest BCUT2D eigenvalue weighted by Gasteiger charge is -2.24. The number of amides is 2. The Morgan fingerprint density at radius 1 is 1.11 bits per heavy atom. The van der Waals surface area contributed by atoms with Crippen molar-refractivity contribution in [2.45, 2.75) is 71.5 Å². The Morgan fingerprint density at radius 2 is 1.91 bits per heavy atom. The first-order valence-electron chi connectivity index (χ1n) is 12.9. The van der Waals surface area contributed by atoms with Crippen molar-refractivity contribution in [3.63, 3.8) is 0 Å². The van der Waals surface area contributed by atoms with Crippen molar-refractivity contribution >= 4 is 28.5 Å². The summed E-state index contributed by atoms with van der Waals surface area (Å²) >= 11 is 0. The first kappa shape index (κ1) is 24.8. The number of nitrogens with zero attached hydrogens (tertiary/aromatic N) is 3. The maximum atomic E-state index is 13.3. The molecule has 2 amide bonds. The van der Waals surface area contributed by atoms with Crippen molar-refractivity contribution in [2.75, 3.05) is 18.9 Å². The molecule has 1 aromatic heterocycles.